The zero-order valence-electron chi connectivity index (χ0n) is 27.0. The molecule has 0 aliphatic heterocycles. The SMILES string of the molecule is c1ccc(-c2ncc(-n3c4ccc(-c5cccc6c5c5ccccc5n6-c5ccccc5)cc4c4ncccc43)c(-c3ccccc3)n2)cc1. The summed E-state index contributed by atoms with van der Waals surface area (Å²) in [4.78, 5) is 15.0. The molecule has 5 nitrogen and oxygen atoms in total. The summed E-state index contributed by atoms with van der Waals surface area (Å²) in [6.07, 6.45) is 3.83. The largest absolute Gasteiger partial charge is 0.309 e. The van der Waals surface area contributed by atoms with Gasteiger partial charge in [-0.3, -0.25) is 4.98 Å². The Morgan fingerprint density at radius 1 is 0.440 bits per heavy atom. The van der Waals surface area contributed by atoms with Crippen LogP contribution in [0.25, 0.3) is 88.9 Å². The minimum atomic E-state index is 0.692. The van der Waals surface area contributed by atoms with Gasteiger partial charge in [0.1, 0.15) is 0 Å². The van der Waals surface area contributed by atoms with Crippen LogP contribution in [0.3, 0.4) is 0 Å². The van der Waals surface area contributed by atoms with Gasteiger partial charge in [0, 0.05) is 39.2 Å². The number of aromatic nitrogens is 5. The molecule has 0 bridgehead atoms. The van der Waals surface area contributed by atoms with Crippen molar-refractivity contribution in [3.63, 3.8) is 0 Å². The van der Waals surface area contributed by atoms with E-state index in [9.17, 15) is 0 Å². The first-order valence-electron chi connectivity index (χ1n) is 16.8. The van der Waals surface area contributed by atoms with E-state index in [0.29, 0.717) is 5.82 Å². The number of hydrogen-bond donors (Lipinski definition) is 0. The lowest BCUT2D eigenvalue weighted by Gasteiger charge is -2.14. The van der Waals surface area contributed by atoms with Crippen LogP contribution in [-0.4, -0.2) is 24.1 Å². The molecule has 0 saturated heterocycles. The van der Waals surface area contributed by atoms with Crippen LogP contribution in [0.15, 0.2) is 176 Å². The van der Waals surface area contributed by atoms with Crippen LogP contribution in [0.5, 0.6) is 0 Å². The Morgan fingerprint density at radius 3 is 1.94 bits per heavy atom. The van der Waals surface area contributed by atoms with Gasteiger partial charge in [-0.05, 0) is 59.7 Å². The number of fused-ring (bicyclic) bond motifs is 6. The van der Waals surface area contributed by atoms with Crippen LogP contribution in [-0.2, 0) is 0 Å². The Morgan fingerprint density at radius 2 is 1.12 bits per heavy atom. The fourth-order valence-electron chi connectivity index (χ4n) is 7.45. The third kappa shape index (κ3) is 4.37. The normalized spacial score (nSPS) is 11.6. The Hall–Kier alpha value is -6.85. The summed E-state index contributed by atoms with van der Waals surface area (Å²) >= 11 is 0. The van der Waals surface area contributed by atoms with E-state index in [0.717, 1.165) is 55.7 Å². The fraction of sp³-hybridized carbons (Fsp3) is 0. The number of hydrogen-bond acceptors (Lipinski definition) is 3. The molecule has 4 aromatic heterocycles. The second-order valence-electron chi connectivity index (χ2n) is 12.5. The lowest BCUT2D eigenvalue weighted by Crippen LogP contribution is -2.02. The molecule has 0 N–H and O–H groups in total. The Kier molecular flexibility index (Phi) is 6.42. The maximum Gasteiger partial charge on any atom is 0.159 e. The molecule has 0 amide bonds. The van der Waals surface area contributed by atoms with Crippen LogP contribution in [0.4, 0.5) is 0 Å². The molecule has 0 aliphatic rings. The van der Waals surface area contributed by atoms with E-state index in [2.05, 4.69) is 130 Å². The summed E-state index contributed by atoms with van der Waals surface area (Å²) in [5, 5.41) is 3.54. The van der Waals surface area contributed by atoms with Gasteiger partial charge in [-0.15, -0.1) is 0 Å². The Bertz CT molecular complexity index is 2850. The first kappa shape index (κ1) is 28.2. The summed E-state index contributed by atoms with van der Waals surface area (Å²) < 4.78 is 4.63. The van der Waals surface area contributed by atoms with Crippen LogP contribution in [0.2, 0.25) is 0 Å². The molecular formula is C45H29N5. The van der Waals surface area contributed by atoms with Gasteiger partial charge in [0.2, 0.25) is 0 Å². The molecule has 0 radical (unpaired) electrons. The first-order valence-corrected chi connectivity index (χ1v) is 16.8. The molecule has 10 aromatic rings. The van der Waals surface area contributed by atoms with Gasteiger partial charge in [-0.1, -0.05) is 115 Å². The number of nitrogens with zero attached hydrogens (tertiary/aromatic N) is 5. The highest BCUT2D eigenvalue weighted by atomic mass is 15.0. The average Bonchev–Trinajstić information content (AvgIpc) is 3.71. The summed E-state index contributed by atoms with van der Waals surface area (Å²) in [6.45, 7) is 0. The summed E-state index contributed by atoms with van der Waals surface area (Å²) in [5.41, 5.74) is 12.6. The molecule has 50 heavy (non-hydrogen) atoms. The zero-order valence-corrected chi connectivity index (χ0v) is 27.0. The summed E-state index contributed by atoms with van der Waals surface area (Å²) in [6, 6.07) is 57.3. The lowest BCUT2D eigenvalue weighted by molar-refractivity contribution is 1.08. The molecule has 6 aromatic carbocycles. The van der Waals surface area contributed by atoms with Gasteiger partial charge in [0.15, 0.2) is 5.82 Å². The number of para-hydroxylation sites is 2. The van der Waals surface area contributed by atoms with Crippen LogP contribution < -0.4 is 0 Å². The fourth-order valence-corrected chi connectivity index (χ4v) is 7.45. The van der Waals surface area contributed by atoms with Crippen LogP contribution >= 0.6 is 0 Å². The van der Waals surface area contributed by atoms with Gasteiger partial charge in [0.25, 0.3) is 0 Å². The van der Waals surface area contributed by atoms with Crippen molar-refractivity contribution in [2.24, 2.45) is 0 Å². The van der Waals surface area contributed by atoms with E-state index in [1.165, 1.54) is 27.4 Å². The van der Waals surface area contributed by atoms with E-state index in [1.54, 1.807) is 0 Å². The van der Waals surface area contributed by atoms with Crippen molar-refractivity contribution in [3.05, 3.63) is 176 Å². The second-order valence-corrected chi connectivity index (χ2v) is 12.5. The van der Waals surface area contributed by atoms with Gasteiger partial charge in [0.05, 0.1) is 45.2 Å². The van der Waals surface area contributed by atoms with E-state index in [-0.39, 0.29) is 0 Å². The lowest BCUT2D eigenvalue weighted by atomic mass is 9.98. The maximum atomic E-state index is 5.18. The molecule has 10 rings (SSSR count). The third-order valence-corrected chi connectivity index (χ3v) is 9.63. The van der Waals surface area contributed by atoms with E-state index < -0.39 is 0 Å². The molecule has 4 heterocycles. The van der Waals surface area contributed by atoms with Gasteiger partial charge in [-0.2, -0.15) is 0 Å². The molecular weight excluding hydrogens is 611 g/mol. The van der Waals surface area contributed by atoms with E-state index in [1.807, 2.05) is 54.9 Å². The van der Waals surface area contributed by atoms with Crippen molar-refractivity contribution >= 4 is 43.7 Å². The highest BCUT2D eigenvalue weighted by molar-refractivity contribution is 6.17. The predicted molar refractivity (Wildman–Crippen MR) is 205 cm³/mol. The molecule has 0 atom stereocenters. The van der Waals surface area contributed by atoms with Crippen molar-refractivity contribution in [2.45, 2.75) is 0 Å². The topological polar surface area (TPSA) is 48.5 Å². The zero-order chi connectivity index (χ0) is 33.0. The first-order chi connectivity index (χ1) is 24.8. The average molecular weight is 640 g/mol. The van der Waals surface area contributed by atoms with Gasteiger partial charge >= 0.3 is 0 Å². The quantitative estimate of drug-likeness (QED) is 0.188. The predicted octanol–water partition coefficient (Wildman–Crippen LogP) is 11.1. The van der Waals surface area contributed by atoms with Crippen molar-refractivity contribution in [1.82, 2.24) is 24.1 Å². The molecule has 0 fully saturated rings. The van der Waals surface area contributed by atoms with Gasteiger partial charge in [-0.25, -0.2) is 9.97 Å². The molecule has 0 saturated carbocycles. The minimum Gasteiger partial charge on any atom is -0.309 e. The monoisotopic (exact) mass is 639 g/mol. The van der Waals surface area contributed by atoms with Crippen LogP contribution in [0.1, 0.15) is 0 Å². The third-order valence-electron chi connectivity index (χ3n) is 9.63. The number of rotatable bonds is 5. The molecule has 234 valence electrons. The standard InChI is InChI=1S/C45H29N5/c1-4-14-30(15-5-1)43-41(29-47-45(48-43)31-16-6-2-7-17-31)50-38-26-25-32(28-36(38)44-40(50)24-13-27-46-44)34-21-12-23-39-42(34)35-20-10-11-22-37(35)49(39)33-18-8-3-9-19-33/h1-29H. The Balaban J connectivity index is 1.22. The van der Waals surface area contributed by atoms with Crippen molar-refractivity contribution < 1.29 is 0 Å². The molecule has 0 unspecified atom stereocenters. The molecule has 0 aliphatic carbocycles. The van der Waals surface area contributed by atoms with Crippen LogP contribution in [0, 0.1) is 0 Å². The highest BCUT2D eigenvalue weighted by Gasteiger charge is 2.21. The molecule has 0 spiro atoms. The maximum absolute atomic E-state index is 5.18. The number of benzene rings is 6. The van der Waals surface area contributed by atoms with Crippen molar-refractivity contribution in [1.29, 1.82) is 0 Å². The minimum absolute atomic E-state index is 0.692. The van der Waals surface area contributed by atoms with E-state index in [4.69, 9.17) is 15.0 Å². The summed E-state index contributed by atoms with van der Waals surface area (Å²) in [5.74, 6) is 0.692. The van der Waals surface area contributed by atoms with Crippen molar-refractivity contribution in [2.75, 3.05) is 0 Å². The Labute approximate surface area is 288 Å². The molecule has 5 heteroatoms. The van der Waals surface area contributed by atoms with E-state index >= 15 is 0 Å². The highest BCUT2D eigenvalue weighted by Crippen LogP contribution is 2.41. The summed E-state index contributed by atoms with van der Waals surface area (Å²) in [7, 11) is 0. The second kappa shape index (κ2) is 11.4. The number of pyridine rings is 1. The van der Waals surface area contributed by atoms with Gasteiger partial charge < -0.3 is 9.13 Å². The smallest absolute Gasteiger partial charge is 0.159 e. The van der Waals surface area contributed by atoms with Crippen molar-refractivity contribution in [3.8, 4) is 45.1 Å².